The predicted molar refractivity (Wildman–Crippen MR) is 97.2 cm³/mol. The Labute approximate surface area is 146 Å². The Kier molecular flexibility index (Phi) is 4.92. The first-order valence-corrected chi connectivity index (χ1v) is 7.83. The van der Waals surface area contributed by atoms with Crippen LogP contribution >= 0.6 is 0 Å². The van der Waals surface area contributed by atoms with Crippen molar-refractivity contribution in [3.63, 3.8) is 0 Å². The van der Waals surface area contributed by atoms with Crippen molar-refractivity contribution in [2.24, 2.45) is 12.1 Å². The number of hydrogen-bond acceptors (Lipinski definition) is 6. The zero-order chi connectivity index (χ0) is 18.5. The third-order valence-electron chi connectivity index (χ3n) is 3.68. The van der Waals surface area contributed by atoms with Crippen molar-refractivity contribution >= 4 is 28.8 Å². The molecule has 0 aliphatic carbocycles. The monoisotopic (exact) mass is 355 g/mol. The number of hydrogen-bond donors (Lipinski definition) is 4. The molecule has 0 atom stereocenters. The number of para-hydroxylation sites is 1. The molecule has 0 saturated heterocycles. The van der Waals surface area contributed by atoms with E-state index in [0.717, 1.165) is 16.5 Å². The van der Waals surface area contributed by atoms with E-state index in [-0.39, 0.29) is 24.7 Å². The number of rotatable bonds is 6. The van der Waals surface area contributed by atoms with Crippen molar-refractivity contribution in [3.05, 3.63) is 56.9 Å². The van der Waals surface area contributed by atoms with Gasteiger partial charge in [-0.15, -0.1) is 5.10 Å². The highest BCUT2D eigenvalue weighted by atomic mass is 16.2. The summed E-state index contributed by atoms with van der Waals surface area (Å²) < 4.78 is 1.98. The number of benzene rings is 1. The standard InChI is InChI=1S/C16H17N7O3/c1-23-9-10(11-4-2-3-5-12(11)23)8-18-20-13(24)6-7-17-14-15(25)19-16(26)22-21-14/h2-5,8-9H,6-7H2,1H3,(H,17,21)(H,20,24)(H2,19,22,25,26)/b18-8+. The molecule has 1 amide bonds. The van der Waals surface area contributed by atoms with E-state index in [9.17, 15) is 14.4 Å². The molecule has 0 spiro atoms. The summed E-state index contributed by atoms with van der Waals surface area (Å²) in [5, 5.41) is 13.3. The van der Waals surface area contributed by atoms with E-state index in [4.69, 9.17) is 0 Å². The second-order valence-electron chi connectivity index (χ2n) is 5.54. The molecule has 10 nitrogen and oxygen atoms in total. The number of aryl methyl sites for hydroxylation is 1. The molecule has 134 valence electrons. The van der Waals surface area contributed by atoms with Crippen LogP contribution in [0.5, 0.6) is 0 Å². The predicted octanol–water partition coefficient (Wildman–Crippen LogP) is -0.0978. The maximum atomic E-state index is 11.8. The lowest BCUT2D eigenvalue weighted by Crippen LogP contribution is -2.28. The minimum absolute atomic E-state index is 0.0587. The summed E-state index contributed by atoms with van der Waals surface area (Å²) in [6.07, 6.45) is 3.59. The van der Waals surface area contributed by atoms with Gasteiger partial charge in [-0.25, -0.2) is 15.3 Å². The van der Waals surface area contributed by atoms with Crippen LogP contribution < -0.4 is 22.0 Å². The topological polar surface area (TPSA) is 137 Å². The lowest BCUT2D eigenvalue weighted by Gasteiger charge is -2.02. The fourth-order valence-electron chi connectivity index (χ4n) is 2.47. The smallest absolute Gasteiger partial charge is 0.342 e. The fraction of sp³-hybridized carbons (Fsp3) is 0.188. The first kappa shape index (κ1) is 17.1. The highest BCUT2D eigenvalue weighted by Gasteiger charge is 2.05. The van der Waals surface area contributed by atoms with Gasteiger partial charge in [-0.3, -0.25) is 14.6 Å². The number of aromatic nitrogens is 4. The first-order chi connectivity index (χ1) is 12.5. The molecule has 1 aromatic carbocycles. The van der Waals surface area contributed by atoms with Crippen molar-refractivity contribution < 1.29 is 4.79 Å². The molecule has 0 aliphatic rings. The maximum absolute atomic E-state index is 11.8. The van der Waals surface area contributed by atoms with E-state index < -0.39 is 11.2 Å². The number of aromatic amines is 2. The summed E-state index contributed by atoms with van der Waals surface area (Å²) in [5.41, 5.74) is 3.06. The van der Waals surface area contributed by atoms with Crippen molar-refractivity contribution in [1.82, 2.24) is 25.2 Å². The molecule has 0 bridgehead atoms. The van der Waals surface area contributed by atoms with Gasteiger partial charge in [0, 0.05) is 42.7 Å². The van der Waals surface area contributed by atoms with Crippen molar-refractivity contribution in [2.45, 2.75) is 6.42 Å². The van der Waals surface area contributed by atoms with E-state index in [2.05, 4.69) is 26.0 Å². The molecule has 0 unspecified atom stereocenters. The summed E-state index contributed by atoms with van der Waals surface area (Å²) in [6, 6.07) is 7.89. The van der Waals surface area contributed by atoms with Crippen LogP contribution in [0.25, 0.3) is 10.9 Å². The third kappa shape index (κ3) is 3.86. The van der Waals surface area contributed by atoms with E-state index in [1.807, 2.05) is 47.1 Å². The van der Waals surface area contributed by atoms with Crippen LogP contribution in [0.3, 0.4) is 0 Å². The second kappa shape index (κ2) is 7.47. The van der Waals surface area contributed by atoms with E-state index in [1.165, 1.54) is 0 Å². The molecule has 26 heavy (non-hydrogen) atoms. The summed E-state index contributed by atoms with van der Waals surface area (Å²) in [6.45, 7) is 0.164. The molecule has 0 saturated carbocycles. The van der Waals surface area contributed by atoms with Gasteiger partial charge in [0.05, 0.1) is 6.21 Å². The third-order valence-corrected chi connectivity index (χ3v) is 3.68. The maximum Gasteiger partial charge on any atom is 0.342 e. The SMILES string of the molecule is Cn1cc(/C=N/NC(=O)CCNc2n[nH]c(=O)[nH]c2=O)c2ccccc21. The fourth-order valence-corrected chi connectivity index (χ4v) is 2.47. The van der Waals surface area contributed by atoms with Crippen LogP contribution in [0.4, 0.5) is 5.82 Å². The van der Waals surface area contributed by atoms with E-state index in [0.29, 0.717) is 0 Å². The molecule has 2 heterocycles. The van der Waals surface area contributed by atoms with Gasteiger partial charge in [0.15, 0.2) is 0 Å². The lowest BCUT2D eigenvalue weighted by atomic mass is 10.2. The van der Waals surface area contributed by atoms with Gasteiger partial charge in [0.25, 0.3) is 5.56 Å². The molecular weight excluding hydrogens is 338 g/mol. The molecule has 10 heteroatoms. The number of carbonyl (C=O) groups is 1. The molecule has 0 aliphatic heterocycles. The van der Waals surface area contributed by atoms with E-state index in [1.54, 1.807) is 6.21 Å². The highest BCUT2D eigenvalue weighted by Crippen LogP contribution is 2.18. The number of hydrazone groups is 1. The Morgan fingerprint density at radius 1 is 1.35 bits per heavy atom. The summed E-state index contributed by atoms with van der Waals surface area (Å²) in [5.74, 6) is -0.383. The zero-order valence-corrected chi connectivity index (χ0v) is 13.9. The normalized spacial score (nSPS) is 11.1. The van der Waals surface area contributed by atoms with Crippen LogP contribution in [0.15, 0.2) is 45.2 Å². The van der Waals surface area contributed by atoms with Crippen molar-refractivity contribution in [1.29, 1.82) is 0 Å². The van der Waals surface area contributed by atoms with Gasteiger partial charge < -0.3 is 9.88 Å². The van der Waals surface area contributed by atoms with E-state index >= 15 is 0 Å². The quantitative estimate of drug-likeness (QED) is 0.361. The average Bonchev–Trinajstić information content (AvgIpc) is 2.93. The molecule has 0 radical (unpaired) electrons. The zero-order valence-electron chi connectivity index (χ0n) is 13.9. The minimum Gasteiger partial charge on any atom is -0.364 e. The molecule has 4 N–H and O–H groups in total. The summed E-state index contributed by atoms with van der Waals surface area (Å²) in [4.78, 5) is 36.1. The number of fused-ring (bicyclic) bond motifs is 1. The van der Waals surface area contributed by atoms with Crippen LogP contribution in [-0.4, -0.2) is 38.4 Å². The Morgan fingerprint density at radius 2 is 2.15 bits per heavy atom. The largest absolute Gasteiger partial charge is 0.364 e. The van der Waals surface area contributed by atoms with Gasteiger partial charge in [-0.2, -0.15) is 5.10 Å². The van der Waals surface area contributed by atoms with Crippen LogP contribution in [0.2, 0.25) is 0 Å². The Balaban J connectivity index is 1.53. The van der Waals surface area contributed by atoms with Crippen LogP contribution in [0, 0.1) is 0 Å². The Hall–Kier alpha value is -3.69. The number of anilines is 1. The highest BCUT2D eigenvalue weighted by molar-refractivity contribution is 5.99. The number of nitrogens with zero attached hydrogens (tertiary/aromatic N) is 3. The summed E-state index contributed by atoms with van der Waals surface area (Å²) >= 11 is 0. The Bertz CT molecular complexity index is 1080. The number of amides is 1. The van der Waals surface area contributed by atoms with Crippen molar-refractivity contribution in [3.8, 4) is 0 Å². The number of nitrogens with one attached hydrogen (secondary N) is 4. The second-order valence-corrected chi connectivity index (χ2v) is 5.54. The van der Waals surface area contributed by atoms with Crippen LogP contribution in [0.1, 0.15) is 12.0 Å². The minimum atomic E-state index is -0.693. The molecule has 0 fully saturated rings. The average molecular weight is 355 g/mol. The molecular formula is C16H17N7O3. The summed E-state index contributed by atoms with van der Waals surface area (Å²) in [7, 11) is 1.94. The molecule has 3 aromatic rings. The van der Waals surface area contributed by atoms with Gasteiger partial charge in [0.2, 0.25) is 11.7 Å². The van der Waals surface area contributed by atoms with Gasteiger partial charge in [0.1, 0.15) is 0 Å². The number of H-pyrrole nitrogens is 2. The van der Waals surface area contributed by atoms with Crippen LogP contribution in [-0.2, 0) is 11.8 Å². The Morgan fingerprint density at radius 3 is 2.96 bits per heavy atom. The van der Waals surface area contributed by atoms with Gasteiger partial charge >= 0.3 is 5.69 Å². The molecule has 2 aromatic heterocycles. The van der Waals surface area contributed by atoms with Gasteiger partial charge in [-0.1, -0.05) is 18.2 Å². The first-order valence-electron chi connectivity index (χ1n) is 7.83. The van der Waals surface area contributed by atoms with Crippen molar-refractivity contribution in [2.75, 3.05) is 11.9 Å². The molecule has 3 rings (SSSR count). The lowest BCUT2D eigenvalue weighted by molar-refractivity contribution is -0.120. The number of carbonyl (C=O) groups excluding carboxylic acids is 1. The van der Waals surface area contributed by atoms with Gasteiger partial charge in [-0.05, 0) is 6.07 Å².